The van der Waals surface area contributed by atoms with Crippen molar-refractivity contribution in [1.82, 2.24) is 5.32 Å². The summed E-state index contributed by atoms with van der Waals surface area (Å²) in [6, 6.07) is 6.20. The van der Waals surface area contributed by atoms with Gasteiger partial charge in [0.15, 0.2) is 0 Å². The molecule has 0 heterocycles. The molecule has 5 heteroatoms. The highest BCUT2D eigenvalue weighted by Crippen LogP contribution is 2.08. The molecule has 0 aromatic heterocycles. The summed E-state index contributed by atoms with van der Waals surface area (Å²) >= 11 is 0. The maximum Gasteiger partial charge on any atom is 0.326 e. The molecule has 0 spiro atoms. The molecule has 0 fully saturated rings. The molecule has 1 rings (SSSR count). The summed E-state index contributed by atoms with van der Waals surface area (Å²) in [5.41, 5.74) is 7.02. The average Bonchev–Trinajstić information content (AvgIpc) is 2.35. The molecule has 0 radical (unpaired) electrons. The number of carboxylic acids is 1. The summed E-state index contributed by atoms with van der Waals surface area (Å²) in [6.07, 6.45) is 3.30. The summed E-state index contributed by atoms with van der Waals surface area (Å²) in [7, 11) is 0. The SMILES string of the molecule is CC(C)CC(NC(=O)/C=C/c1cccc(N)c1)C(=O)O. The van der Waals surface area contributed by atoms with Crippen LogP contribution in [0.4, 0.5) is 5.69 Å². The number of hydrogen-bond acceptors (Lipinski definition) is 3. The maximum atomic E-state index is 11.7. The van der Waals surface area contributed by atoms with Crippen molar-refractivity contribution in [2.24, 2.45) is 5.92 Å². The molecule has 1 unspecified atom stereocenters. The van der Waals surface area contributed by atoms with Crippen LogP contribution in [0.5, 0.6) is 0 Å². The summed E-state index contributed by atoms with van der Waals surface area (Å²) in [4.78, 5) is 22.7. The Morgan fingerprint density at radius 3 is 2.65 bits per heavy atom. The summed E-state index contributed by atoms with van der Waals surface area (Å²) < 4.78 is 0. The van der Waals surface area contributed by atoms with E-state index in [1.54, 1.807) is 24.3 Å². The molecule has 4 N–H and O–H groups in total. The normalized spacial score (nSPS) is 12.6. The van der Waals surface area contributed by atoms with Gasteiger partial charge in [-0.1, -0.05) is 26.0 Å². The zero-order valence-electron chi connectivity index (χ0n) is 11.7. The van der Waals surface area contributed by atoms with E-state index in [9.17, 15) is 9.59 Å². The van der Waals surface area contributed by atoms with Gasteiger partial charge in [-0.25, -0.2) is 4.79 Å². The highest BCUT2D eigenvalue weighted by Gasteiger charge is 2.19. The molecule has 5 nitrogen and oxygen atoms in total. The van der Waals surface area contributed by atoms with Gasteiger partial charge in [-0.15, -0.1) is 0 Å². The lowest BCUT2D eigenvalue weighted by molar-refractivity contribution is -0.141. The number of nitrogen functional groups attached to an aromatic ring is 1. The van der Waals surface area contributed by atoms with E-state index in [2.05, 4.69) is 5.32 Å². The van der Waals surface area contributed by atoms with Crippen molar-refractivity contribution in [1.29, 1.82) is 0 Å². The maximum absolute atomic E-state index is 11.7. The highest BCUT2D eigenvalue weighted by atomic mass is 16.4. The van der Waals surface area contributed by atoms with Crippen LogP contribution in [0, 0.1) is 5.92 Å². The van der Waals surface area contributed by atoms with E-state index in [1.165, 1.54) is 6.08 Å². The minimum Gasteiger partial charge on any atom is -0.480 e. The van der Waals surface area contributed by atoms with Crippen molar-refractivity contribution < 1.29 is 14.7 Å². The lowest BCUT2D eigenvalue weighted by Gasteiger charge is -2.15. The molecule has 0 saturated heterocycles. The number of nitrogens with one attached hydrogen (secondary N) is 1. The van der Waals surface area contributed by atoms with Crippen LogP contribution in [0.1, 0.15) is 25.8 Å². The van der Waals surface area contributed by atoms with Crippen LogP contribution in [0.2, 0.25) is 0 Å². The van der Waals surface area contributed by atoms with Crippen molar-refractivity contribution in [3.8, 4) is 0 Å². The lowest BCUT2D eigenvalue weighted by atomic mass is 10.0. The standard InChI is InChI=1S/C15H20N2O3/c1-10(2)8-13(15(19)20)17-14(18)7-6-11-4-3-5-12(16)9-11/h3-7,9-10,13H,8,16H2,1-2H3,(H,17,18)(H,19,20)/b7-6+. The van der Waals surface area contributed by atoms with Crippen LogP contribution in [0.25, 0.3) is 6.08 Å². The third-order valence-electron chi connectivity index (χ3n) is 2.66. The van der Waals surface area contributed by atoms with Crippen LogP contribution in [0.3, 0.4) is 0 Å². The van der Waals surface area contributed by atoms with E-state index in [0.717, 1.165) is 5.56 Å². The van der Waals surface area contributed by atoms with E-state index in [1.807, 2.05) is 19.9 Å². The first kappa shape index (κ1) is 15.8. The first-order valence-corrected chi connectivity index (χ1v) is 6.45. The predicted octanol–water partition coefficient (Wildman–Crippen LogP) is 1.90. The van der Waals surface area contributed by atoms with E-state index in [0.29, 0.717) is 12.1 Å². The van der Waals surface area contributed by atoms with Gasteiger partial charge in [0, 0.05) is 11.8 Å². The number of aliphatic carboxylic acids is 1. The van der Waals surface area contributed by atoms with Crippen LogP contribution in [-0.2, 0) is 9.59 Å². The van der Waals surface area contributed by atoms with Crippen molar-refractivity contribution in [3.63, 3.8) is 0 Å². The van der Waals surface area contributed by atoms with Crippen molar-refractivity contribution in [3.05, 3.63) is 35.9 Å². The van der Waals surface area contributed by atoms with E-state index >= 15 is 0 Å². The second-order valence-corrected chi connectivity index (χ2v) is 5.03. The summed E-state index contributed by atoms with van der Waals surface area (Å²) in [6.45, 7) is 3.81. The van der Waals surface area contributed by atoms with Gasteiger partial charge in [0.2, 0.25) is 5.91 Å². The topological polar surface area (TPSA) is 92.4 Å². The molecule has 1 amide bonds. The van der Waals surface area contributed by atoms with Gasteiger partial charge in [-0.3, -0.25) is 4.79 Å². The van der Waals surface area contributed by atoms with Gasteiger partial charge >= 0.3 is 5.97 Å². The molecule has 20 heavy (non-hydrogen) atoms. The second-order valence-electron chi connectivity index (χ2n) is 5.03. The molecule has 0 saturated carbocycles. The molecular formula is C15H20N2O3. The van der Waals surface area contributed by atoms with Gasteiger partial charge < -0.3 is 16.2 Å². The number of amides is 1. The number of nitrogens with two attached hydrogens (primary N) is 1. The Morgan fingerprint density at radius 2 is 2.10 bits per heavy atom. The number of carboxylic acid groups (broad SMARTS) is 1. The molecule has 0 aliphatic carbocycles. The number of benzene rings is 1. The Bertz CT molecular complexity index is 510. The van der Waals surface area contributed by atoms with Crippen LogP contribution < -0.4 is 11.1 Å². The number of hydrogen-bond donors (Lipinski definition) is 3. The Kier molecular flexibility index (Phi) is 5.77. The number of carbonyl (C=O) groups excluding carboxylic acids is 1. The first-order valence-electron chi connectivity index (χ1n) is 6.45. The van der Waals surface area contributed by atoms with Gasteiger partial charge in [0.1, 0.15) is 6.04 Å². The van der Waals surface area contributed by atoms with Crippen LogP contribution in [0.15, 0.2) is 30.3 Å². The van der Waals surface area contributed by atoms with Gasteiger partial charge in [-0.05, 0) is 36.1 Å². The largest absolute Gasteiger partial charge is 0.480 e. The monoisotopic (exact) mass is 276 g/mol. The quantitative estimate of drug-likeness (QED) is 0.546. The molecule has 1 aromatic carbocycles. The average molecular weight is 276 g/mol. The predicted molar refractivity (Wildman–Crippen MR) is 78.9 cm³/mol. The van der Waals surface area contributed by atoms with Crippen molar-refractivity contribution in [2.75, 3.05) is 5.73 Å². The van der Waals surface area contributed by atoms with Gasteiger partial charge in [-0.2, -0.15) is 0 Å². The van der Waals surface area contributed by atoms with Gasteiger partial charge in [0.25, 0.3) is 0 Å². The van der Waals surface area contributed by atoms with E-state index in [-0.39, 0.29) is 5.92 Å². The number of rotatable bonds is 6. The third-order valence-corrected chi connectivity index (χ3v) is 2.66. The van der Waals surface area contributed by atoms with Crippen LogP contribution >= 0.6 is 0 Å². The first-order chi connectivity index (χ1) is 9.38. The summed E-state index contributed by atoms with van der Waals surface area (Å²) in [5, 5.41) is 11.5. The van der Waals surface area contributed by atoms with E-state index < -0.39 is 17.9 Å². The highest BCUT2D eigenvalue weighted by molar-refractivity contribution is 5.94. The second kappa shape index (κ2) is 7.33. The number of carbonyl (C=O) groups is 2. The molecule has 1 atom stereocenters. The fourth-order valence-electron chi connectivity index (χ4n) is 1.75. The molecular weight excluding hydrogens is 256 g/mol. The smallest absolute Gasteiger partial charge is 0.326 e. The lowest BCUT2D eigenvalue weighted by Crippen LogP contribution is -2.40. The zero-order valence-corrected chi connectivity index (χ0v) is 11.7. The minimum absolute atomic E-state index is 0.189. The Balaban J connectivity index is 2.63. The molecule has 0 aliphatic heterocycles. The fraction of sp³-hybridized carbons (Fsp3) is 0.333. The molecule has 108 valence electrons. The molecule has 0 bridgehead atoms. The van der Waals surface area contributed by atoms with Gasteiger partial charge in [0.05, 0.1) is 0 Å². The fourth-order valence-corrected chi connectivity index (χ4v) is 1.75. The Morgan fingerprint density at radius 1 is 1.40 bits per heavy atom. The Labute approximate surface area is 118 Å². The molecule has 1 aromatic rings. The summed E-state index contributed by atoms with van der Waals surface area (Å²) in [5.74, 6) is -1.26. The Hall–Kier alpha value is -2.30. The molecule has 0 aliphatic rings. The van der Waals surface area contributed by atoms with Crippen molar-refractivity contribution >= 4 is 23.6 Å². The van der Waals surface area contributed by atoms with Crippen LogP contribution in [-0.4, -0.2) is 23.0 Å². The van der Waals surface area contributed by atoms with Crippen molar-refractivity contribution in [2.45, 2.75) is 26.3 Å². The number of anilines is 1. The van der Waals surface area contributed by atoms with E-state index in [4.69, 9.17) is 10.8 Å². The minimum atomic E-state index is -1.02. The zero-order chi connectivity index (χ0) is 15.1. The third kappa shape index (κ3) is 5.56.